The number of benzene rings is 2. The molecular formula is C21H18O4. The van der Waals surface area contributed by atoms with Gasteiger partial charge in [-0.25, -0.2) is 4.79 Å². The van der Waals surface area contributed by atoms with Crippen LogP contribution < -0.4 is 0 Å². The van der Waals surface area contributed by atoms with Crippen LogP contribution in [-0.4, -0.2) is 17.2 Å². The van der Waals surface area contributed by atoms with Gasteiger partial charge in [0, 0.05) is 18.4 Å². The molecule has 0 aliphatic carbocycles. The standard InChI is InChI=1S/C21H18O4/c22-19-18(14-8-7-11-16-9-3-1-4-10-16)25-21(23)20(19)24-15-17-12-5-2-6-13-17/h1-6,9-10,12-13,18,22H,8,14-15H2. The van der Waals surface area contributed by atoms with Crippen molar-refractivity contribution < 1.29 is 19.4 Å². The number of carbonyl (C=O) groups excluding carboxylic acids is 1. The molecule has 1 heterocycles. The normalized spacial score (nSPS) is 16.2. The van der Waals surface area contributed by atoms with Crippen molar-refractivity contribution in [2.24, 2.45) is 0 Å². The second-order valence-corrected chi connectivity index (χ2v) is 5.59. The molecule has 0 fully saturated rings. The predicted molar refractivity (Wildman–Crippen MR) is 93.3 cm³/mol. The zero-order valence-electron chi connectivity index (χ0n) is 13.6. The predicted octanol–water partition coefficient (Wildman–Crippen LogP) is 3.73. The highest BCUT2D eigenvalue weighted by Crippen LogP contribution is 2.25. The maximum absolute atomic E-state index is 11.9. The van der Waals surface area contributed by atoms with E-state index in [-0.39, 0.29) is 18.1 Å². The van der Waals surface area contributed by atoms with Gasteiger partial charge < -0.3 is 14.6 Å². The van der Waals surface area contributed by atoms with Crippen LogP contribution in [0.5, 0.6) is 0 Å². The molecule has 1 atom stereocenters. The van der Waals surface area contributed by atoms with Gasteiger partial charge in [0.15, 0.2) is 11.9 Å². The van der Waals surface area contributed by atoms with Crippen LogP contribution in [0.15, 0.2) is 72.2 Å². The van der Waals surface area contributed by atoms with Crippen LogP contribution in [0.25, 0.3) is 0 Å². The van der Waals surface area contributed by atoms with Crippen LogP contribution in [0.1, 0.15) is 24.0 Å². The summed E-state index contributed by atoms with van der Waals surface area (Å²) in [5.74, 6) is 5.17. The Kier molecular flexibility index (Phi) is 5.38. The highest BCUT2D eigenvalue weighted by molar-refractivity contribution is 5.89. The quantitative estimate of drug-likeness (QED) is 0.669. The van der Waals surface area contributed by atoms with Crippen molar-refractivity contribution in [3.8, 4) is 11.8 Å². The number of carbonyl (C=O) groups is 1. The van der Waals surface area contributed by atoms with Gasteiger partial charge in [-0.3, -0.25) is 0 Å². The lowest BCUT2D eigenvalue weighted by atomic mass is 10.1. The van der Waals surface area contributed by atoms with Gasteiger partial charge >= 0.3 is 5.97 Å². The van der Waals surface area contributed by atoms with Crippen molar-refractivity contribution in [3.63, 3.8) is 0 Å². The van der Waals surface area contributed by atoms with Crippen LogP contribution >= 0.6 is 0 Å². The topological polar surface area (TPSA) is 55.8 Å². The van der Waals surface area contributed by atoms with Gasteiger partial charge in [-0.15, -0.1) is 0 Å². The van der Waals surface area contributed by atoms with E-state index in [0.29, 0.717) is 12.8 Å². The Morgan fingerprint density at radius 2 is 1.72 bits per heavy atom. The molecule has 2 aromatic rings. The minimum Gasteiger partial charge on any atom is -0.505 e. The van der Waals surface area contributed by atoms with Crippen molar-refractivity contribution in [3.05, 3.63) is 83.3 Å². The average molecular weight is 334 g/mol. The molecule has 0 amide bonds. The van der Waals surface area contributed by atoms with E-state index in [4.69, 9.17) is 9.47 Å². The second-order valence-electron chi connectivity index (χ2n) is 5.59. The van der Waals surface area contributed by atoms with Gasteiger partial charge in [0.1, 0.15) is 6.61 Å². The molecule has 126 valence electrons. The summed E-state index contributed by atoms with van der Waals surface area (Å²) >= 11 is 0. The molecule has 0 bridgehead atoms. The second kappa shape index (κ2) is 8.07. The number of cyclic esters (lactones) is 1. The summed E-state index contributed by atoms with van der Waals surface area (Å²) in [6, 6.07) is 19.1. The van der Waals surface area contributed by atoms with Crippen molar-refractivity contribution >= 4 is 5.97 Å². The minimum atomic E-state index is -0.691. The van der Waals surface area contributed by atoms with Crippen molar-refractivity contribution in [1.82, 2.24) is 0 Å². The van der Waals surface area contributed by atoms with Crippen LogP contribution in [0, 0.1) is 11.8 Å². The number of esters is 1. The smallest absolute Gasteiger partial charge is 0.378 e. The van der Waals surface area contributed by atoms with Crippen molar-refractivity contribution in [2.45, 2.75) is 25.6 Å². The van der Waals surface area contributed by atoms with E-state index in [1.165, 1.54) is 0 Å². The summed E-state index contributed by atoms with van der Waals surface area (Å²) in [5.41, 5.74) is 1.84. The number of hydrogen-bond donors (Lipinski definition) is 1. The molecule has 0 saturated carbocycles. The maximum atomic E-state index is 11.9. The Balaban J connectivity index is 1.55. The first-order valence-electron chi connectivity index (χ1n) is 8.09. The molecule has 4 nitrogen and oxygen atoms in total. The molecule has 4 heteroatoms. The molecular weight excluding hydrogens is 316 g/mol. The first-order chi connectivity index (χ1) is 12.2. The van der Waals surface area contributed by atoms with Gasteiger partial charge in [-0.05, 0) is 17.7 Å². The lowest BCUT2D eigenvalue weighted by Gasteiger charge is -2.06. The SMILES string of the molecule is O=C1OC(CCC#Cc2ccccc2)C(O)=C1OCc1ccccc1. The van der Waals surface area contributed by atoms with Crippen molar-refractivity contribution in [1.29, 1.82) is 0 Å². The molecule has 3 rings (SSSR count). The summed E-state index contributed by atoms with van der Waals surface area (Å²) in [7, 11) is 0. The summed E-state index contributed by atoms with van der Waals surface area (Å²) < 4.78 is 10.6. The van der Waals surface area contributed by atoms with Crippen LogP contribution in [-0.2, 0) is 20.9 Å². The number of ether oxygens (including phenoxy) is 2. The molecule has 0 spiro atoms. The zero-order chi connectivity index (χ0) is 17.5. The lowest BCUT2D eigenvalue weighted by molar-refractivity contribution is -0.143. The molecule has 1 unspecified atom stereocenters. The van der Waals surface area contributed by atoms with E-state index in [1.54, 1.807) is 0 Å². The molecule has 2 aromatic carbocycles. The van der Waals surface area contributed by atoms with Gasteiger partial charge in [-0.1, -0.05) is 60.4 Å². The maximum Gasteiger partial charge on any atom is 0.378 e. The van der Waals surface area contributed by atoms with Crippen molar-refractivity contribution in [2.75, 3.05) is 0 Å². The van der Waals surface area contributed by atoms with E-state index < -0.39 is 12.1 Å². The van der Waals surface area contributed by atoms with Gasteiger partial charge in [0.25, 0.3) is 0 Å². The highest BCUT2D eigenvalue weighted by Gasteiger charge is 2.35. The van der Waals surface area contributed by atoms with Crippen LogP contribution in [0.3, 0.4) is 0 Å². The van der Waals surface area contributed by atoms with E-state index in [9.17, 15) is 9.90 Å². The summed E-state index contributed by atoms with van der Waals surface area (Å²) in [4.78, 5) is 11.9. The fourth-order valence-electron chi connectivity index (χ4n) is 2.44. The number of aliphatic hydroxyl groups is 1. The summed E-state index contributed by atoms with van der Waals surface area (Å²) in [5, 5.41) is 10.2. The van der Waals surface area contributed by atoms with Gasteiger partial charge in [0.05, 0.1) is 0 Å². The third kappa shape index (κ3) is 4.42. The first kappa shape index (κ1) is 16.7. The van der Waals surface area contributed by atoms with Gasteiger partial charge in [0.2, 0.25) is 5.76 Å². The van der Waals surface area contributed by atoms with E-state index in [1.807, 2.05) is 60.7 Å². The Morgan fingerprint density at radius 1 is 1.04 bits per heavy atom. The van der Waals surface area contributed by atoms with Gasteiger partial charge in [-0.2, -0.15) is 0 Å². The zero-order valence-corrected chi connectivity index (χ0v) is 13.6. The largest absolute Gasteiger partial charge is 0.505 e. The minimum absolute atomic E-state index is 0.107. The highest BCUT2D eigenvalue weighted by atomic mass is 16.6. The van der Waals surface area contributed by atoms with E-state index in [2.05, 4.69) is 11.8 Å². The Morgan fingerprint density at radius 3 is 2.44 bits per heavy atom. The molecule has 25 heavy (non-hydrogen) atoms. The molecule has 0 saturated heterocycles. The van der Waals surface area contributed by atoms with E-state index >= 15 is 0 Å². The Hall–Kier alpha value is -3.19. The Labute approximate surface area is 146 Å². The molecule has 1 aliphatic rings. The fourth-order valence-corrected chi connectivity index (χ4v) is 2.44. The number of hydrogen-bond acceptors (Lipinski definition) is 4. The molecule has 1 N–H and O–H groups in total. The molecule has 0 aromatic heterocycles. The fraction of sp³-hybridized carbons (Fsp3) is 0.190. The first-order valence-corrected chi connectivity index (χ1v) is 8.09. The van der Waals surface area contributed by atoms with E-state index in [0.717, 1.165) is 11.1 Å². The average Bonchev–Trinajstić information content (AvgIpc) is 2.92. The summed E-state index contributed by atoms with van der Waals surface area (Å²) in [6.07, 6.45) is 0.238. The molecule has 0 radical (unpaired) electrons. The monoisotopic (exact) mass is 334 g/mol. The molecule has 1 aliphatic heterocycles. The van der Waals surface area contributed by atoms with Crippen LogP contribution in [0.2, 0.25) is 0 Å². The number of rotatable bonds is 5. The third-order valence-corrected chi connectivity index (χ3v) is 3.74. The lowest BCUT2D eigenvalue weighted by Crippen LogP contribution is -2.11. The van der Waals surface area contributed by atoms with Crippen LogP contribution in [0.4, 0.5) is 0 Å². The summed E-state index contributed by atoms with van der Waals surface area (Å²) in [6.45, 7) is 0.204. The third-order valence-electron chi connectivity index (χ3n) is 3.74. The Bertz CT molecular complexity index is 813. The number of aliphatic hydroxyl groups excluding tert-OH is 1.